The quantitative estimate of drug-likeness (QED) is 0.414. The van der Waals surface area contributed by atoms with Crippen LogP contribution in [0.5, 0.6) is 11.9 Å². The van der Waals surface area contributed by atoms with E-state index in [1.54, 1.807) is 19.2 Å². The minimum absolute atomic E-state index is 0.243. The lowest BCUT2D eigenvalue weighted by Gasteiger charge is -2.27. The van der Waals surface area contributed by atoms with E-state index < -0.39 is 6.03 Å². The van der Waals surface area contributed by atoms with Crippen LogP contribution >= 0.6 is 11.3 Å². The number of fused-ring (bicyclic) bond motifs is 1. The van der Waals surface area contributed by atoms with Gasteiger partial charge in [-0.1, -0.05) is 36.1 Å². The predicted octanol–water partition coefficient (Wildman–Crippen LogP) is 3.28. The maximum atomic E-state index is 12.7. The number of hydrogen-bond donors (Lipinski definition) is 3. The van der Waals surface area contributed by atoms with Crippen LogP contribution in [0.25, 0.3) is 5.70 Å². The van der Waals surface area contributed by atoms with Gasteiger partial charge < -0.3 is 19.7 Å². The molecular formula is C22H25N7O4S. The molecule has 2 aromatic heterocycles. The summed E-state index contributed by atoms with van der Waals surface area (Å²) in [4.78, 5) is 33.9. The molecule has 12 heteroatoms. The second-order valence-corrected chi connectivity index (χ2v) is 8.31. The number of nitrogens with zero attached hydrogens (tertiary/aromatic N) is 4. The first-order valence-corrected chi connectivity index (χ1v) is 11.2. The van der Waals surface area contributed by atoms with Gasteiger partial charge in [0.2, 0.25) is 5.88 Å². The van der Waals surface area contributed by atoms with Crippen molar-refractivity contribution in [3.05, 3.63) is 53.0 Å². The Hall–Kier alpha value is -3.90. The molecule has 3 N–H and O–H groups in total. The monoisotopic (exact) mass is 483 g/mol. The third-order valence-electron chi connectivity index (χ3n) is 5.06. The molecule has 0 aliphatic carbocycles. The van der Waals surface area contributed by atoms with E-state index in [0.717, 1.165) is 17.0 Å². The Morgan fingerprint density at radius 1 is 1.12 bits per heavy atom. The van der Waals surface area contributed by atoms with Crippen LogP contribution in [0.15, 0.2) is 36.9 Å². The average Bonchev–Trinajstić information content (AvgIpc) is 3.25. The van der Waals surface area contributed by atoms with Gasteiger partial charge in [-0.15, -0.1) is 0 Å². The Kier molecular flexibility index (Phi) is 7.09. The molecule has 0 atom stereocenters. The summed E-state index contributed by atoms with van der Waals surface area (Å²) < 4.78 is 10.4. The third-order valence-corrected chi connectivity index (χ3v) is 6.06. The van der Waals surface area contributed by atoms with E-state index in [2.05, 4.69) is 42.5 Å². The molecule has 1 aromatic carbocycles. The van der Waals surface area contributed by atoms with E-state index in [1.807, 2.05) is 18.2 Å². The average molecular weight is 484 g/mol. The molecule has 0 saturated carbocycles. The summed E-state index contributed by atoms with van der Waals surface area (Å²) in [7, 11) is 4.56. The second kappa shape index (κ2) is 10.4. The Labute approximate surface area is 200 Å². The van der Waals surface area contributed by atoms with E-state index in [-0.39, 0.29) is 6.01 Å². The maximum absolute atomic E-state index is 12.7. The molecule has 11 nitrogen and oxygen atoms in total. The zero-order chi connectivity index (χ0) is 24.1. The van der Waals surface area contributed by atoms with Crippen molar-refractivity contribution in [3.63, 3.8) is 0 Å². The number of ether oxygens (including phenoxy) is 2. The highest BCUT2D eigenvalue weighted by Gasteiger charge is 2.24. The van der Waals surface area contributed by atoms with E-state index >= 15 is 0 Å². The number of carbonyl (C=O) groups is 1. The fraction of sp³-hybridized carbons (Fsp3) is 0.273. The van der Waals surface area contributed by atoms with Crippen LogP contribution in [0, 0.1) is 0 Å². The van der Waals surface area contributed by atoms with Crippen molar-refractivity contribution in [2.24, 2.45) is 0 Å². The first kappa shape index (κ1) is 23.3. The molecule has 178 valence electrons. The highest BCUT2D eigenvalue weighted by molar-refractivity contribution is 7.15. The molecule has 0 radical (unpaired) electrons. The SMILES string of the molecule is C=C(NOC)c1ccccc1NC(=O)Nc1nc2c(s1)CN(c1cc(OC)nc(OC)n1)CC2. The Morgan fingerprint density at radius 2 is 1.94 bits per heavy atom. The van der Waals surface area contributed by atoms with Crippen molar-refractivity contribution >= 4 is 39.7 Å². The second-order valence-electron chi connectivity index (χ2n) is 7.23. The topological polar surface area (TPSA) is 123 Å². The Morgan fingerprint density at radius 3 is 2.71 bits per heavy atom. The van der Waals surface area contributed by atoms with Crippen molar-refractivity contribution in [3.8, 4) is 11.9 Å². The summed E-state index contributed by atoms with van der Waals surface area (Å²) in [6.07, 6.45) is 0.717. The number of benzene rings is 1. The van der Waals surface area contributed by atoms with E-state index in [1.165, 1.54) is 25.6 Å². The smallest absolute Gasteiger partial charge is 0.325 e. The van der Waals surface area contributed by atoms with E-state index in [9.17, 15) is 4.79 Å². The molecule has 0 fully saturated rings. The molecule has 1 aliphatic heterocycles. The summed E-state index contributed by atoms with van der Waals surface area (Å²) in [5.41, 5.74) is 5.48. The Bertz CT molecular complexity index is 1180. The van der Waals surface area contributed by atoms with Crippen molar-refractivity contribution in [1.29, 1.82) is 0 Å². The number of methoxy groups -OCH3 is 2. The number of nitrogens with one attached hydrogen (secondary N) is 3. The molecule has 0 saturated heterocycles. The zero-order valence-electron chi connectivity index (χ0n) is 19.0. The van der Waals surface area contributed by atoms with Gasteiger partial charge in [-0.05, 0) is 6.07 Å². The van der Waals surface area contributed by atoms with Gasteiger partial charge in [-0.3, -0.25) is 15.6 Å². The number of aromatic nitrogens is 3. The first-order valence-electron chi connectivity index (χ1n) is 10.4. The van der Waals surface area contributed by atoms with Crippen molar-refractivity contribution in [1.82, 2.24) is 20.4 Å². The number of amides is 2. The maximum Gasteiger partial charge on any atom is 0.325 e. The van der Waals surface area contributed by atoms with Gasteiger partial charge in [-0.2, -0.15) is 9.97 Å². The minimum Gasteiger partial charge on any atom is -0.481 e. The van der Waals surface area contributed by atoms with Gasteiger partial charge in [0.25, 0.3) is 0 Å². The lowest BCUT2D eigenvalue weighted by atomic mass is 10.1. The lowest BCUT2D eigenvalue weighted by Crippen LogP contribution is -2.30. The Balaban J connectivity index is 1.44. The minimum atomic E-state index is -0.397. The summed E-state index contributed by atoms with van der Waals surface area (Å²) in [5.74, 6) is 1.14. The van der Waals surface area contributed by atoms with Crippen molar-refractivity contribution in [2.75, 3.05) is 43.4 Å². The predicted molar refractivity (Wildman–Crippen MR) is 130 cm³/mol. The standard InChI is InChI=1S/C22H25N7O4S/c1-13(28-33-4)14-7-5-6-8-15(14)23-20(30)27-22-24-16-9-10-29(12-17(16)34-22)18-11-19(31-2)26-21(25-18)32-3/h5-8,11,28H,1,9-10,12H2,2-4H3,(H2,23,24,27,30). The van der Waals surface area contributed by atoms with Crippen LogP contribution in [-0.2, 0) is 17.8 Å². The molecule has 0 bridgehead atoms. The lowest BCUT2D eigenvalue weighted by molar-refractivity contribution is 0.137. The van der Waals surface area contributed by atoms with Crippen molar-refractivity contribution in [2.45, 2.75) is 13.0 Å². The van der Waals surface area contributed by atoms with E-state index in [0.29, 0.717) is 46.9 Å². The number of anilines is 3. The number of hydrogen-bond acceptors (Lipinski definition) is 10. The first-order chi connectivity index (χ1) is 16.5. The van der Waals surface area contributed by atoms with E-state index in [4.69, 9.17) is 14.3 Å². The van der Waals surface area contributed by atoms with Crippen LogP contribution in [0.1, 0.15) is 16.1 Å². The van der Waals surface area contributed by atoms with Gasteiger partial charge in [0, 0.05) is 29.5 Å². The number of thiazole rings is 1. The number of hydroxylamine groups is 1. The molecule has 1 aliphatic rings. The van der Waals surface area contributed by atoms with Crippen LogP contribution in [0.3, 0.4) is 0 Å². The van der Waals surface area contributed by atoms with Gasteiger partial charge in [0.1, 0.15) is 5.82 Å². The normalized spacial score (nSPS) is 12.5. The summed E-state index contributed by atoms with van der Waals surface area (Å²) in [6.45, 7) is 5.24. The highest BCUT2D eigenvalue weighted by Crippen LogP contribution is 2.32. The highest BCUT2D eigenvalue weighted by atomic mass is 32.1. The number of carbonyl (C=O) groups excluding carboxylic acids is 1. The van der Waals surface area contributed by atoms with Crippen LogP contribution in [-0.4, -0.2) is 48.9 Å². The fourth-order valence-electron chi connectivity index (χ4n) is 3.48. The molecule has 34 heavy (non-hydrogen) atoms. The number of para-hydroxylation sites is 1. The zero-order valence-corrected chi connectivity index (χ0v) is 19.9. The van der Waals surface area contributed by atoms with Crippen LogP contribution < -0.4 is 30.5 Å². The molecule has 0 spiro atoms. The molecule has 0 unspecified atom stereocenters. The third kappa shape index (κ3) is 5.18. The van der Waals surface area contributed by atoms with Crippen LogP contribution in [0.2, 0.25) is 0 Å². The fourth-order valence-corrected chi connectivity index (χ4v) is 4.50. The van der Waals surface area contributed by atoms with Crippen molar-refractivity contribution < 1.29 is 19.1 Å². The number of urea groups is 1. The van der Waals surface area contributed by atoms with Gasteiger partial charge in [0.05, 0.1) is 45.0 Å². The molecule has 4 rings (SSSR count). The summed E-state index contributed by atoms with van der Waals surface area (Å²) in [6, 6.07) is 8.91. The molecule has 3 aromatic rings. The largest absolute Gasteiger partial charge is 0.481 e. The summed E-state index contributed by atoms with van der Waals surface area (Å²) in [5, 5.41) is 6.19. The van der Waals surface area contributed by atoms with Gasteiger partial charge >= 0.3 is 12.0 Å². The van der Waals surface area contributed by atoms with Gasteiger partial charge in [-0.25, -0.2) is 9.78 Å². The molecule has 3 heterocycles. The molecular weight excluding hydrogens is 458 g/mol. The number of rotatable bonds is 8. The molecule has 2 amide bonds. The van der Waals surface area contributed by atoms with Gasteiger partial charge in [0.15, 0.2) is 5.13 Å². The summed E-state index contributed by atoms with van der Waals surface area (Å²) >= 11 is 1.43. The van der Waals surface area contributed by atoms with Crippen LogP contribution in [0.4, 0.5) is 21.4 Å².